The van der Waals surface area contributed by atoms with Crippen LogP contribution in [0.4, 0.5) is 21.6 Å². The van der Waals surface area contributed by atoms with Crippen molar-refractivity contribution < 1.29 is 23.5 Å². The van der Waals surface area contributed by atoms with Crippen LogP contribution in [0.15, 0.2) is 49.3 Å². The number of hydrogen-bond acceptors (Lipinski definition) is 8. The molecule has 0 spiro atoms. The molecule has 1 aromatic heterocycles. The highest BCUT2D eigenvalue weighted by Gasteiger charge is 2.30. The number of fused-ring (bicyclic) bond motifs is 1. The number of halogens is 2. The van der Waals surface area contributed by atoms with Crippen molar-refractivity contribution in [3.63, 3.8) is 0 Å². The van der Waals surface area contributed by atoms with Crippen molar-refractivity contribution in [2.75, 3.05) is 23.7 Å². The number of carbonyl (C=O) groups is 2. The Morgan fingerprint density at radius 2 is 2.19 bits per heavy atom. The summed E-state index contributed by atoms with van der Waals surface area (Å²) in [4.78, 5) is 34.9. The summed E-state index contributed by atoms with van der Waals surface area (Å²) >= 11 is 5.92. The van der Waals surface area contributed by atoms with Gasteiger partial charge in [-0.25, -0.2) is 14.4 Å². The minimum absolute atomic E-state index is 0.0316. The smallest absolute Gasteiger partial charge is 0.320 e. The molecule has 2 heterocycles. The van der Waals surface area contributed by atoms with E-state index in [9.17, 15) is 14.0 Å². The van der Waals surface area contributed by atoms with E-state index in [0.717, 1.165) is 12.5 Å². The summed E-state index contributed by atoms with van der Waals surface area (Å²) < 4.78 is 25.3. The van der Waals surface area contributed by atoms with Crippen LogP contribution in [0.25, 0.3) is 10.9 Å². The van der Waals surface area contributed by atoms with Gasteiger partial charge in [0.15, 0.2) is 6.23 Å². The number of ether oxygens (including phenoxy) is 2. The Morgan fingerprint density at radius 1 is 1.38 bits per heavy atom. The molecule has 1 aliphatic heterocycles. The summed E-state index contributed by atoms with van der Waals surface area (Å²) in [6.45, 7) is 8.01. The molecule has 37 heavy (non-hydrogen) atoms. The Balaban J connectivity index is 1.72. The number of nitrogens with zero attached hydrogens (tertiary/aromatic N) is 3. The number of esters is 1. The van der Waals surface area contributed by atoms with Gasteiger partial charge in [-0.15, -0.1) is 0 Å². The Morgan fingerprint density at radius 3 is 2.89 bits per heavy atom. The highest BCUT2D eigenvalue weighted by Crippen LogP contribution is 2.35. The zero-order valence-corrected chi connectivity index (χ0v) is 21.2. The molecule has 2 atom stereocenters. The number of rotatable bonds is 9. The first-order valence-corrected chi connectivity index (χ1v) is 12.2. The van der Waals surface area contributed by atoms with Gasteiger partial charge in [0.1, 0.15) is 29.8 Å². The molecule has 2 N–H and O–H groups in total. The van der Waals surface area contributed by atoms with Crippen LogP contribution in [0, 0.1) is 5.82 Å². The van der Waals surface area contributed by atoms with E-state index in [1.165, 1.54) is 24.5 Å². The van der Waals surface area contributed by atoms with E-state index in [0.29, 0.717) is 46.8 Å². The van der Waals surface area contributed by atoms with E-state index in [2.05, 4.69) is 27.2 Å². The molecule has 2 aromatic carbocycles. The molecular formula is C26H27ClFN5O4. The van der Waals surface area contributed by atoms with E-state index >= 15 is 0 Å². The van der Waals surface area contributed by atoms with E-state index < -0.39 is 18.0 Å². The molecule has 0 saturated carbocycles. The topological polar surface area (TPSA) is 106 Å². The number of carbonyl (C=O) groups excluding carboxylic acids is 2. The molecule has 4 rings (SSSR count). The summed E-state index contributed by atoms with van der Waals surface area (Å²) in [6, 6.07) is 7.62. The number of anilines is 3. The van der Waals surface area contributed by atoms with Crippen LogP contribution in [0.1, 0.15) is 26.7 Å². The zero-order valence-electron chi connectivity index (χ0n) is 20.5. The van der Waals surface area contributed by atoms with Crippen molar-refractivity contribution in [2.24, 2.45) is 0 Å². The molecule has 1 saturated heterocycles. The normalized spacial score (nSPS) is 16.6. The summed E-state index contributed by atoms with van der Waals surface area (Å²) in [5.41, 5.74) is 1.44. The fraction of sp³-hybridized carbons (Fsp3) is 0.308. The number of morpholine rings is 1. The molecule has 9 nitrogen and oxygen atoms in total. The van der Waals surface area contributed by atoms with Gasteiger partial charge in [0.25, 0.3) is 0 Å². The van der Waals surface area contributed by atoms with Crippen LogP contribution in [-0.4, -0.2) is 52.2 Å². The van der Waals surface area contributed by atoms with Crippen LogP contribution >= 0.6 is 11.6 Å². The third kappa shape index (κ3) is 6.33. The van der Waals surface area contributed by atoms with Crippen molar-refractivity contribution in [3.05, 3.63) is 60.2 Å². The van der Waals surface area contributed by atoms with Crippen molar-refractivity contribution in [1.29, 1.82) is 0 Å². The first-order valence-electron chi connectivity index (χ1n) is 11.8. The van der Waals surface area contributed by atoms with E-state index in [1.807, 2.05) is 18.7 Å². The summed E-state index contributed by atoms with van der Waals surface area (Å²) in [5, 5.41) is 6.45. The fourth-order valence-corrected chi connectivity index (χ4v) is 4.24. The van der Waals surface area contributed by atoms with Gasteiger partial charge in [0.2, 0.25) is 5.91 Å². The van der Waals surface area contributed by atoms with Gasteiger partial charge in [0.05, 0.1) is 22.8 Å². The lowest BCUT2D eigenvalue weighted by atomic mass is 10.1. The average Bonchev–Trinajstić information content (AvgIpc) is 2.86. The van der Waals surface area contributed by atoms with Gasteiger partial charge in [-0.05, 0) is 43.7 Å². The van der Waals surface area contributed by atoms with Crippen molar-refractivity contribution in [1.82, 2.24) is 14.9 Å². The minimum Gasteiger partial charge on any atom is -0.473 e. The lowest BCUT2D eigenvalue weighted by Gasteiger charge is -2.36. The molecule has 0 bridgehead atoms. The maximum atomic E-state index is 13.6. The van der Waals surface area contributed by atoms with Crippen molar-refractivity contribution in [2.45, 2.75) is 39.0 Å². The second-order valence-electron chi connectivity index (χ2n) is 8.63. The fourth-order valence-electron chi connectivity index (χ4n) is 4.06. The molecule has 1 fully saturated rings. The van der Waals surface area contributed by atoms with Gasteiger partial charge in [0, 0.05) is 23.7 Å². The molecule has 0 aliphatic carbocycles. The van der Waals surface area contributed by atoms with Gasteiger partial charge >= 0.3 is 5.97 Å². The monoisotopic (exact) mass is 527 g/mol. The number of nitrogens with one attached hydrogen (secondary N) is 2. The van der Waals surface area contributed by atoms with E-state index in [1.54, 1.807) is 12.1 Å². The Hall–Kier alpha value is -3.76. The lowest BCUT2D eigenvalue weighted by molar-refractivity contribution is -0.163. The van der Waals surface area contributed by atoms with Crippen LogP contribution in [0.2, 0.25) is 5.02 Å². The molecule has 3 aromatic rings. The lowest BCUT2D eigenvalue weighted by Crippen LogP contribution is -2.51. The third-order valence-corrected chi connectivity index (χ3v) is 6.01. The Bertz CT molecular complexity index is 1340. The number of hydrogen-bond donors (Lipinski definition) is 2. The molecule has 11 heteroatoms. The van der Waals surface area contributed by atoms with Gasteiger partial charge in [-0.1, -0.05) is 31.5 Å². The van der Waals surface area contributed by atoms with Crippen LogP contribution in [-0.2, 0) is 14.3 Å². The molecule has 1 amide bonds. The number of amides is 1. The van der Waals surface area contributed by atoms with Crippen LogP contribution in [0.5, 0.6) is 5.75 Å². The maximum Gasteiger partial charge on any atom is 0.320 e. The average molecular weight is 528 g/mol. The number of benzene rings is 2. The first-order chi connectivity index (χ1) is 17.8. The largest absolute Gasteiger partial charge is 0.473 e. The van der Waals surface area contributed by atoms with Crippen LogP contribution in [0.3, 0.4) is 0 Å². The second-order valence-corrected chi connectivity index (χ2v) is 9.03. The molecule has 194 valence electrons. The van der Waals surface area contributed by atoms with Crippen molar-refractivity contribution >= 4 is 51.6 Å². The van der Waals surface area contributed by atoms with Gasteiger partial charge in [-0.3, -0.25) is 14.5 Å². The summed E-state index contributed by atoms with van der Waals surface area (Å²) in [6.07, 6.45) is 3.30. The highest BCUT2D eigenvalue weighted by atomic mass is 35.5. The SMILES string of the molecule is C=CC(=O)Nc1cc2c(Nc3ccc(F)c(Cl)c3)ncnc2cc1OC(CCC)N1CC(=O)OC(C)C1. The highest BCUT2D eigenvalue weighted by molar-refractivity contribution is 6.31. The molecule has 0 radical (unpaired) electrons. The molecule has 1 aliphatic rings. The predicted molar refractivity (Wildman–Crippen MR) is 140 cm³/mol. The van der Waals surface area contributed by atoms with E-state index in [4.69, 9.17) is 21.1 Å². The van der Waals surface area contributed by atoms with Crippen molar-refractivity contribution in [3.8, 4) is 5.75 Å². The van der Waals surface area contributed by atoms with Gasteiger partial charge in [-0.2, -0.15) is 0 Å². The Kier molecular flexibility index (Phi) is 8.20. The predicted octanol–water partition coefficient (Wildman–Crippen LogP) is 5.04. The number of cyclic esters (lactones) is 1. The Labute approximate surface area is 218 Å². The summed E-state index contributed by atoms with van der Waals surface area (Å²) in [7, 11) is 0. The zero-order chi connectivity index (χ0) is 26.5. The van der Waals surface area contributed by atoms with Crippen LogP contribution < -0.4 is 15.4 Å². The quantitative estimate of drug-likeness (QED) is 0.294. The van der Waals surface area contributed by atoms with Gasteiger partial charge < -0.3 is 20.1 Å². The standard InChI is InChI=1S/C26H27ClFN5O4/c1-4-6-24(33-12-15(3)36-25(35)13-33)37-22-11-20-17(10-21(22)32-23(34)5-2)26(30-14-29-20)31-16-7-8-19(28)18(27)9-16/h5,7-11,14-15,24H,2,4,6,12-13H2,1,3H3,(H,32,34)(H,29,30,31). The second kappa shape index (κ2) is 11.5. The third-order valence-electron chi connectivity index (χ3n) is 5.72. The molecular weight excluding hydrogens is 501 g/mol. The summed E-state index contributed by atoms with van der Waals surface area (Å²) in [5.74, 6) is -0.475. The maximum absolute atomic E-state index is 13.6. The number of aromatic nitrogens is 2. The first kappa shape index (κ1) is 26.3. The van der Waals surface area contributed by atoms with E-state index in [-0.39, 0.29) is 23.6 Å². The minimum atomic E-state index is -0.533. The molecule has 2 unspecified atom stereocenters.